The lowest BCUT2D eigenvalue weighted by Gasteiger charge is -2.27. The average Bonchev–Trinajstić information content (AvgIpc) is 3.17. The number of ether oxygens (including phenoxy) is 1. The maximum atomic E-state index is 13.2. The molecule has 0 spiro atoms. The molecule has 0 radical (unpaired) electrons. The summed E-state index contributed by atoms with van der Waals surface area (Å²) in [6.45, 7) is 6.62. The van der Waals surface area contributed by atoms with Gasteiger partial charge in [-0.15, -0.1) is 35.5 Å². The van der Waals surface area contributed by atoms with Crippen LogP contribution in [0, 0.1) is 0 Å². The van der Waals surface area contributed by atoms with Crippen LogP contribution in [0.3, 0.4) is 0 Å². The first-order chi connectivity index (χ1) is 16.1. The molecule has 0 bridgehead atoms. The fourth-order valence-corrected chi connectivity index (χ4v) is 6.12. The first-order valence-electron chi connectivity index (χ1n) is 11.2. The number of fused-ring (bicyclic) bond motifs is 1. The Kier molecular flexibility index (Phi) is 9.59. The number of nitrogens with zero attached hydrogens (tertiary/aromatic N) is 1. The minimum absolute atomic E-state index is 0. The lowest BCUT2D eigenvalue weighted by atomic mass is 10.0. The molecule has 1 aromatic heterocycles. The molecule has 0 atom stereocenters. The van der Waals surface area contributed by atoms with E-state index in [1.165, 1.54) is 16.9 Å². The van der Waals surface area contributed by atoms with Crippen LogP contribution < -0.4 is 5.32 Å². The zero-order valence-corrected chi connectivity index (χ0v) is 21.8. The number of hydrogen-bond donors (Lipinski definition) is 1. The third-order valence-corrected chi connectivity index (χ3v) is 7.61. The largest absolute Gasteiger partial charge is 0.462 e. The van der Waals surface area contributed by atoms with Gasteiger partial charge in [0, 0.05) is 29.4 Å². The molecule has 0 saturated carbocycles. The molecule has 180 valence electrons. The van der Waals surface area contributed by atoms with Crippen LogP contribution >= 0.6 is 35.5 Å². The molecule has 2 heterocycles. The van der Waals surface area contributed by atoms with Gasteiger partial charge in [-0.25, -0.2) is 4.79 Å². The van der Waals surface area contributed by atoms with Crippen LogP contribution in [0.4, 0.5) is 5.00 Å². The Morgan fingerprint density at radius 2 is 1.82 bits per heavy atom. The normalized spacial score (nSPS) is 13.0. The molecule has 2 aromatic carbocycles. The molecule has 0 saturated heterocycles. The lowest BCUT2D eigenvalue weighted by molar-refractivity contribution is 0.0526. The number of hydrogen-bond acceptors (Lipinski definition) is 6. The number of halogens is 1. The fourth-order valence-electron chi connectivity index (χ4n) is 4.05. The van der Waals surface area contributed by atoms with Crippen LogP contribution in [0.5, 0.6) is 0 Å². The second-order valence-electron chi connectivity index (χ2n) is 7.76. The highest BCUT2D eigenvalue weighted by Crippen LogP contribution is 2.38. The van der Waals surface area contributed by atoms with Gasteiger partial charge in [0.15, 0.2) is 0 Å². The van der Waals surface area contributed by atoms with Gasteiger partial charge in [0.2, 0.25) is 0 Å². The number of thiophene rings is 1. The van der Waals surface area contributed by atoms with Crippen molar-refractivity contribution in [2.24, 2.45) is 0 Å². The van der Waals surface area contributed by atoms with Gasteiger partial charge in [-0.1, -0.05) is 49.4 Å². The minimum atomic E-state index is -0.363. The molecule has 0 aliphatic carbocycles. The van der Waals surface area contributed by atoms with Gasteiger partial charge in [0.05, 0.1) is 17.7 Å². The van der Waals surface area contributed by atoms with Crippen molar-refractivity contribution < 1.29 is 14.3 Å². The Morgan fingerprint density at radius 1 is 1.09 bits per heavy atom. The Morgan fingerprint density at radius 3 is 2.56 bits per heavy atom. The van der Waals surface area contributed by atoms with E-state index in [0.717, 1.165) is 47.1 Å². The number of anilines is 1. The summed E-state index contributed by atoms with van der Waals surface area (Å²) in [5.74, 6) is 0.318. The van der Waals surface area contributed by atoms with Gasteiger partial charge < -0.3 is 10.1 Å². The maximum Gasteiger partial charge on any atom is 0.341 e. The average molecular weight is 517 g/mol. The summed E-state index contributed by atoms with van der Waals surface area (Å²) in [5.41, 5.74) is 3.41. The van der Waals surface area contributed by atoms with Crippen LogP contribution in [-0.4, -0.2) is 35.7 Å². The molecule has 4 rings (SSSR count). The number of rotatable bonds is 8. The van der Waals surface area contributed by atoms with Gasteiger partial charge in [0.1, 0.15) is 5.00 Å². The van der Waals surface area contributed by atoms with Crippen LogP contribution in [0.2, 0.25) is 0 Å². The highest BCUT2D eigenvalue weighted by atomic mass is 35.5. The summed E-state index contributed by atoms with van der Waals surface area (Å²) < 4.78 is 5.36. The van der Waals surface area contributed by atoms with Gasteiger partial charge >= 0.3 is 5.97 Å². The van der Waals surface area contributed by atoms with Crippen LogP contribution in [-0.2, 0) is 24.2 Å². The first-order valence-corrected chi connectivity index (χ1v) is 13.0. The van der Waals surface area contributed by atoms with E-state index in [-0.39, 0.29) is 24.3 Å². The molecular formula is C26H29ClN2O3S2. The Hall–Kier alpha value is -2.32. The van der Waals surface area contributed by atoms with Gasteiger partial charge in [-0.2, -0.15) is 0 Å². The molecule has 1 amide bonds. The summed E-state index contributed by atoms with van der Waals surface area (Å²) in [5, 5.41) is 3.62. The van der Waals surface area contributed by atoms with E-state index < -0.39 is 0 Å². The van der Waals surface area contributed by atoms with Crippen LogP contribution in [0.15, 0.2) is 59.5 Å². The fraction of sp³-hybridized carbons (Fsp3) is 0.308. The van der Waals surface area contributed by atoms with Crippen LogP contribution in [0.25, 0.3) is 0 Å². The second-order valence-corrected chi connectivity index (χ2v) is 10.2. The predicted octanol–water partition coefficient (Wildman–Crippen LogP) is 6.27. The number of nitrogens with one attached hydrogen (secondary N) is 1. The number of carbonyl (C=O) groups excluding carboxylic acids is 2. The number of esters is 1. The zero-order valence-electron chi connectivity index (χ0n) is 19.3. The minimum Gasteiger partial charge on any atom is -0.462 e. The molecular weight excluding hydrogens is 488 g/mol. The van der Waals surface area contributed by atoms with E-state index in [4.69, 9.17) is 4.74 Å². The predicted molar refractivity (Wildman–Crippen MR) is 143 cm³/mol. The highest BCUT2D eigenvalue weighted by molar-refractivity contribution is 7.99. The van der Waals surface area contributed by atoms with Gasteiger partial charge in [-0.3, -0.25) is 9.69 Å². The van der Waals surface area contributed by atoms with Gasteiger partial charge in [0.25, 0.3) is 5.91 Å². The standard InChI is InChI=1S/C26H28N2O3S2.ClH/c1-3-31-26(30)23-19-14-15-28(16-18-10-6-5-7-11-18)17-22(19)33-25(23)27-24(29)20-12-8-9-13-21(20)32-4-2;/h5-13H,3-4,14-17H2,1-2H3,(H,27,29);1H. The zero-order chi connectivity index (χ0) is 23.2. The smallest absolute Gasteiger partial charge is 0.341 e. The Bertz CT molecular complexity index is 1130. The number of carbonyl (C=O) groups is 2. The van der Waals surface area contributed by atoms with Crippen molar-refractivity contribution >= 4 is 52.4 Å². The molecule has 8 heteroatoms. The van der Waals surface area contributed by atoms with E-state index in [9.17, 15) is 9.59 Å². The topological polar surface area (TPSA) is 58.6 Å². The van der Waals surface area contributed by atoms with Crippen molar-refractivity contribution in [1.29, 1.82) is 0 Å². The summed E-state index contributed by atoms with van der Waals surface area (Å²) in [4.78, 5) is 30.5. The molecule has 5 nitrogen and oxygen atoms in total. The molecule has 0 unspecified atom stereocenters. The van der Waals surface area contributed by atoms with E-state index in [2.05, 4.69) is 41.4 Å². The molecule has 34 heavy (non-hydrogen) atoms. The molecule has 1 N–H and O–H groups in total. The third-order valence-electron chi connectivity index (χ3n) is 5.52. The summed E-state index contributed by atoms with van der Waals surface area (Å²) in [6, 6.07) is 18.0. The summed E-state index contributed by atoms with van der Waals surface area (Å²) in [7, 11) is 0. The maximum absolute atomic E-state index is 13.2. The highest BCUT2D eigenvalue weighted by Gasteiger charge is 2.30. The second kappa shape index (κ2) is 12.4. The van der Waals surface area contributed by atoms with Crippen molar-refractivity contribution in [3.05, 3.63) is 81.7 Å². The van der Waals surface area contributed by atoms with E-state index >= 15 is 0 Å². The van der Waals surface area contributed by atoms with Crippen LogP contribution in [0.1, 0.15) is 50.6 Å². The third kappa shape index (κ3) is 6.02. The Balaban J connectivity index is 0.00000324. The van der Waals surface area contributed by atoms with E-state index in [1.807, 2.05) is 30.3 Å². The van der Waals surface area contributed by atoms with E-state index in [0.29, 0.717) is 22.7 Å². The van der Waals surface area contributed by atoms with Crippen molar-refractivity contribution in [3.63, 3.8) is 0 Å². The Labute approximate surface area is 215 Å². The molecule has 1 aliphatic heterocycles. The van der Waals surface area contributed by atoms with Crippen molar-refractivity contribution in [2.45, 2.75) is 38.3 Å². The van der Waals surface area contributed by atoms with Crippen molar-refractivity contribution in [3.8, 4) is 0 Å². The first kappa shape index (κ1) is 26.3. The summed E-state index contributed by atoms with van der Waals surface area (Å²) >= 11 is 3.12. The number of benzene rings is 2. The monoisotopic (exact) mass is 516 g/mol. The SMILES string of the molecule is CCOC(=O)c1c(NC(=O)c2ccccc2SCC)sc2c1CCN(Cc1ccccc1)C2.Cl. The molecule has 3 aromatic rings. The number of thioether (sulfide) groups is 1. The van der Waals surface area contributed by atoms with E-state index in [1.54, 1.807) is 18.7 Å². The van der Waals surface area contributed by atoms with Gasteiger partial charge in [-0.05, 0) is 42.4 Å². The molecule has 0 fully saturated rings. The lowest BCUT2D eigenvalue weighted by Crippen LogP contribution is -2.29. The van der Waals surface area contributed by atoms with Crippen molar-refractivity contribution in [2.75, 3.05) is 24.2 Å². The quantitative estimate of drug-likeness (QED) is 0.282. The summed E-state index contributed by atoms with van der Waals surface area (Å²) in [6.07, 6.45) is 0.755. The molecule has 1 aliphatic rings. The van der Waals surface area contributed by atoms with Crippen molar-refractivity contribution in [1.82, 2.24) is 4.90 Å². The number of amides is 1.